The van der Waals surface area contributed by atoms with Gasteiger partial charge >= 0.3 is 0 Å². The van der Waals surface area contributed by atoms with Gasteiger partial charge in [0.25, 0.3) is 0 Å². The van der Waals surface area contributed by atoms with E-state index in [9.17, 15) is 4.39 Å². The first-order valence-corrected chi connectivity index (χ1v) is 7.19. The molecule has 1 N–H and O–H groups in total. The number of nitrogens with one attached hydrogen (secondary N) is 1. The second-order valence-corrected chi connectivity index (χ2v) is 6.33. The van der Waals surface area contributed by atoms with Crippen LogP contribution in [-0.4, -0.2) is 17.3 Å². The summed E-state index contributed by atoms with van der Waals surface area (Å²) in [5, 5.41) is 8.09. The first-order chi connectivity index (χ1) is 9.13. The Balaban J connectivity index is 1.70. The minimum Gasteiger partial charge on any atom is -0.352 e. The lowest BCUT2D eigenvalue weighted by molar-refractivity contribution is 0.433. The van der Waals surface area contributed by atoms with Crippen LogP contribution in [0.2, 0.25) is 4.34 Å². The Hall–Kier alpha value is -1.39. The van der Waals surface area contributed by atoms with Gasteiger partial charge in [0.15, 0.2) is 0 Å². The van der Waals surface area contributed by atoms with Crippen molar-refractivity contribution < 1.29 is 4.39 Å². The Morgan fingerprint density at radius 2 is 2.16 bits per heavy atom. The van der Waals surface area contributed by atoms with Crippen LogP contribution in [0.5, 0.6) is 0 Å². The van der Waals surface area contributed by atoms with Crippen molar-refractivity contribution in [3.05, 3.63) is 56.5 Å². The number of hydrogen-bond acceptors (Lipinski definition) is 2. The van der Waals surface area contributed by atoms with Crippen LogP contribution in [0.4, 0.5) is 4.39 Å². The molecule has 19 heavy (non-hydrogen) atoms. The SMILES string of the molecule is N=C1c2cc(F)ccc2CN1CCc1ccc(Cl)s1. The van der Waals surface area contributed by atoms with E-state index in [1.165, 1.54) is 17.0 Å². The molecule has 98 valence electrons. The number of benzene rings is 1. The van der Waals surface area contributed by atoms with Crippen LogP contribution in [0.3, 0.4) is 0 Å². The fourth-order valence-electron chi connectivity index (χ4n) is 2.28. The third-order valence-electron chi connectivity index (χ3n) is 3.26. The van der Waals surface area contributed by atoms with Gasteiger partial charge in [0.05, 0.1) is 4.34 Å². The fraction of sp³-hybridized carbons (Fsp3) is 0.214. The van der Waals surface area contributed by atoms with Gasteiger partial charge in [0.2, 0.25) is 0 Å². The molecule has 1 aliphatic heterocycles. The van der Waals surface area contributed by atoms with E-state index in [0.29, 0.717) is 17.9 Å². The quantitative estimate of drug-likeness (QED) is 0.912. The minimum absolute atomic E-state index is 0.282. The average molecular weight is 295 g/mol. The van der Waals surface area contributed by atoms with E-state index in [1.54, 1.807) is 17.4 Å². The standard InChI is InChI=1S/C14H12ClFN2S/c15-13-4-3-11(19-13)5-6-18-8-9-1-2-10(16)7-12(9)14(18)17/h1-4,7,17H,5-6,8H2. The Labute approximate surface area is 119 Å². The van der Waals surface area contributed by atoms with Crippen LogP contribution in [-0.2, 0) is 13.0 Å². The molecule has 0 radical (unpaired) electrons. The van der Waals surface area contributed by atoms with Crippen molar-refractivity contribution in [2.24, 2.45) is 0 Å². The first kappa shape index (κ1) is 12.6. The molecule has 1 aromatic carbocycles. The van der Waals surface area contributed by atoms with Crippen molar-refractivity contribution in [1.29, 1.82) is 5.41 Å². The largest absolute Gasteiger partial charge is 0.352 e. The van der Waals surface area contributed by atoms with Crippen molar-refractivity contribution in [1.82, 2.24) is 4.90 Å². The van der Waals surface area contributed by atoms with E-state index in [2.05, 4.69) is 0 Å². The zero-order chi connectivity index (χ0) is 13.4. The van der Waals surface area contributed by atoms with Crippen LogP contribution < -0.4 is 0 Å². The lowest BCUT2D eigenvalue weighted by atomic mass is 10.1. The van der Waals surface area contributed by atoms with Crippen molar-refractivity contribution in [2.75, 3.05) is 6.54 Å². The number of fused-ring (bicyclic) bond motifs is 1. The van der Waals surface area contributed by atoms with Gasteiger partial charge in [-0.2, -0.15) is 0 Å². The van der Waals surface area contributed by atoms with Gasteiger partial charge in [-0.05, 0) is 36.2 Å². The molecule has 0 saturated carbocycles. The second kappa shape index (κ2) is 4.94. The molecular weight excluding hydrogens is 283 g/mol. The third-order valence-corrected chi connectivity index (χ3v) is 4.55. The lowest BCUT2D eigenvalue weighted by Crippen LogP contribution is -2.26. The summed E-state index contributed by atoms with van der Waals surface area (Å²) >= 11 is 7.46. The molecule has 0 aliphatic carbocycles. The molecule has 1 aromatic heterocycles. The summed E-state index contributed by atoms with van der Waals surface area (Å²) in [5.74, 6) is 0.132. The molecule has 2 aromatic rings. The Kier molecular flexibility index (Phi) is 3.29. The summed E-state index contributed by atoms with van der Waals surface area (Å²) in [6, 6.07) is 8.57. The maximum absolute atomic E-state index is 13.2. The highest BCUT2D eigenvalue weighted by Gasteiger charge is 2.24. The molecule has 5 heteroatoms. The summed E-state index contributed by atoms with van der Waals surface area (Å²) in [6.07, 6.45) is 0.857. The highest BCUT2D eigenvalue weighted by atomic mass is 35.5. The number of nitrogens with zero attached hydrogens (tertiary/aromatic N) is 1. The molecule has 3 rings (SSSR count). The predicted molar refractivity (Wildman–Crippen MR) is 76.7 cm³/mol. The highest BCUT2D eigenvalue weighted by Crippen LogP contribution is 2.25. The van der Waals surface area contributed by atoms with E-state index in [4.69, 9.17) is 17.0 Å². The third kappa shape index (κ3) is 2.51. The number of rotatable bonds is 3. The molecule has 0 bridgehead atoms. The van der Waals surface area contributed by atoms with Gasteiger partial charge < -0.3 is 4.90 Å². The molecule has 2 heterocycles. The van der Waals surface area contributed by atoms with E-state index in [-0.39, 0.29) is 5.82 Å². The average Bonchev–Trinajstić information content (AvgIpc) is 2.93. The van der Waals surface area contributed by atoms with Gasteiger partial charge in [-0.3, -0.25) is 5.41 Å². The van der Waals surface area contributed by atoms with Gasteiger partial charge in [-0.15, -0.1) is 11.3 Å². The number of halogens is 2. The van der Waals surface area contributed by atoms with Gasteiger partial charge in [0.1, 0.15) is 11.7 Å². The molecule has 0 amide bonds. The second-order valence-electron chi connectivity index (χ2n) is 4.53. The van der Waals surface area contributed by atoms with Gasteiger partial charge in [0, 0.05) is 23.5 Å². The summed E-state index contributed by atoms with van der Waals surface area (Å²) in [6.45, 7) is 1.44. The Morgan fingerprint density at radius 1 is 1.32 bits per heavy atom. The van der Waals surface area contributed by atoms with Crippen LogP contribution >= 0.6 is 22.9 Å². The fourth-order valence-corrected chi connectivity index (χ4v) is 3.36. The molecule has 2 nitrogen and oxygen atoms in total. The normalized spacial score (nSPS) is 14.0. The van der Waals surface area contributed by atoms with E-state index in [0.717, 1.165) is 22.9 Å². The smallest absolute Gasteiger partial charge is 0.128 e. The molecule has 1 aliphatic rings. The number of amidine groups is 1. The molecular formula is C14H12ClFN2S. The molecule has 0 unspecified atom stereocenters. The van der Waals surface area contributed by atoms with E-state index in [1.807, 2.05) is 17.0 Å². The van der Waals surface area contributed by atoms with Crippen molar-refractivity contribution in [2.45, 2.75) is 13.0 Å². The van der Waals surface area contributed by atoms with Crippen molar-refractivity contribution in [3.8, 4) is 0 Å². The van der Waals surface area contributed by atoms with Crippen LogP contribution in [0.1, 0.15) is 16.0 Å². The van der Waals surface area contributed by atoms with Crippen LogP contribution in [0, 0.1) is 11.2 Å². The topological polar surface area (TPSA) is 27.1 Å². The van der Waals surface area contributed by atoms with E-state index < -0.39 is 0 Å². The van der Waals surface area contributed by atoms with E-state index >= 15 is 0 Å². The van der Waals surface area contributed by atoms with Gasteiger partial charge in [-0.1, -0.05) is 17.7 Å². The van der Waals surface area contributed by atoms with Crippen LogP contribution in [0.25, 0.3) is 0 Å². The summed E-state index contributed by atoms with van der Waals surface area (Å²) < 4.78 is 14.0. The number of thiophene rings is 1. The van der Waals surface area contributed by atoms with Gasteiger partial charge in [-0.25, -0.2) is 4.39 Å². The maximum atomic E-state index is 13.2. The number of hydrogen-bond donors (Lipinski definition) is 1. The Morgan fingerprint density at radius 3 is 2.89 bits per heavy atom. The lowest BCUT2D eigenvalue weighted by Gasteiger charge is -2.17. The predicted octanol–water partition coefficient (Wildman–Crippen LogP) is 3.92. The zero-order valence-electron chi connectivity index (χ0n) is 10.1. The van der Waals surface area contributed by atoms with Crippen molar-refractivity contribution in [3.63, 3.8) is 0 Å². The monoisotopic (exact) mass is 294 g/mol. The zero-order valence-corrected chi connectivity index (χ0v) is 11.7. The summed E-state index contributed by atoms with van der Waals surface area (Å²) in [4.78, 5) is 3.18. The summed E-state index contributed by atoms with van der Waals surface area (Å²) in [5.41, 5.74) is 1.74. The Bertz CT molecular complexity index is 638. The molecule has 0 atom stereocenters. The molecule has 0 spiro atoms. The first-order valence-electron chi connectivity index (χ1n) is 6.00. The van der Waals surface area contributed by atoms with Crippen LogP contribution in [0.15, 0.2) is 30.3 Å². The highest BCUT2D eigenvalue weighted by molar-refractivity contribution is 7.16. The van der Waals surface area contributed by atoms with Crippen molar-refractivity contribution >= 4 is 28.8 Å². The maximum Gasteiger partial charge on any atom is 0.128 e. The summed E-state index contributed by atoms with van der Waals surface area (Å²) in [7, 11) is 0. The molecule has 0 saturated heterocycles. The molecule has 0 fully saturated rings. The minimum atomic E-state index is -0.282.